The molecule has 0 unspecified atom stereocenters. The molecule has 6 heteroatoms. The third-order valence-electron chi connectivity index (χ3n) is 2.61. The Labute approximate surface area is 128 Å². The molecule has 0 fully saturated rings. The van der Waals surface area contributed by atoms with Gasteiger partial charge in [-0.15, -0.1) is 6.42 Å². The van der Waals surface area contributed by atoms with E-state index in [0.717, 1.165) is 25.7 Å². The highest BCUT2D eigenvalue weighted by atomic mass is 31.2. The van der Waals surface area contributed by atoms with Crippen LogP contribution in [0, 0.1) is 12.3 Å². The average Bonchev–Trinajstić information content (AvgIpc) is 2.38. The van der Waals surface area contributed by atoms with Gasteiger partial charge in [-0.25, -0.2) is 0 Å². The first-order valence-corrected chi connectivity index (χ1v) is 9.09. The van der Waals surface area contributed by atoms with Crippen molar-refractivity contribution in [2.45, 2.75) is 59.0 Å². The molecule has 0 aliphatic heterocycles. The van der Waals surface area contributed by atoms with Crippen LogP contribution in [-0.2, 0) is 23.1 Å². The summed E-state index contributed by atoms with van der Waals surface area (Å²) in [5, 5.41) is 0. The van der Waals surface area contributed by atoms with Crippen LogP contribution in [0.25, 0.3) is 0 Å². The minimum Gasteiger partial charge on any atom is -0.446 e. The molecule has 0 saturated heterocycles. The van der Waals surface area contributed by atoms with Crippen LogP contribution in [-0.4, -0.2) is 30.9 Å². The van der Waals surface area contributed by atoms with Crippen LogP contribution in [0.5, 0.6) is 0 Å². The second-order valence-corrected chi connectivity index (χ2v) is 7.33. The number of terminal acetylenes is 1. The Bertz CT molecular complexity index is 383. The molecule has 0 aromatic heterocycles. The number of ether oxygens (including phenoxy) is 1. The summed E-state index contributed by atoms with van der Waals surface area (Å²) in [6.07, 6.45) is 8.17. The van der Waals surface area contributed by atoms with E-state index in [1.807, 2.05) is 13.8 Å². The maximum Gasteiger partial charge on any atom is 0.341 e. The molecule has 0 aliphatic carbocycles. The molecule has 0 amide bonds. The summed E-state index contributed by atoms with van der Waals surface area (Å²) in [4.78, 5) is 11.8. The highest BCUT2D eigenvalue weighted by Crippen LogP contribution is 2.48. The first kappa shape index (κ1) is 20.2. The van der Waals surface area contributed by atoms with Gasteiger partial charge in [0.2, 0.25) is 0 Å². The van der Waals surface area contributed by atoms with E-state index in [0.29, 0.717) is 13.2 Å². The van der Waals surface area contributed by atoms with E-state index in [9.17, 15) is 9.36 Å². The van der Waals surface area contributed by atoms with Crippen LogP contribution in [0.3, 0.4) is 0 Å². The molecule has 0 saturated carbocycles. The van der Waals surface area contributed by atoms with Gasteiger partial charge in [0.25, 0.3) is 0 Å². The number of hydrogen-bond acceptors (Lipinski definition) is 5. The van der Waals surface area contributed by atoms with Gasteiger partial charge in [-0.1, -0.05) is 32.6 Å². The minimum absolute atomic E-state index is 0.297. The van der Waals surface area contributed by atoms with E-state index in [2.05, 4.69) is 5.92 Å². The van der Waals surface area contributed by atoms with E-state index < -0.39 is 25.3 Å². The summed E-state index contributed by atoms with van der Waals surface area (Å²) >= 11 is 0. The molecule has 0 aromatic rings. The fourth-order valence-corrected chi connectivity index (χ4v) is 2.78. The van der Waals surface area contributed by atoms with E-state index >= 15 is 0 Å². The van der Waals surface area contributed by atoms with Gasteiger partial charge < -0.3 is 13.8 Å². The van der Waals surface area contributed by atoms with Crippen LogP contribution in [0.15, 0.2) is 0 Å². The highest BCUT2D eigenvalue weighted by molar-refractivity contribution is 7.54. The molecule has 122 valence electrons. The number of esters is 1. The van der Waals surface area contributed by atoms with Gasteiger partial charge >= 0.3 is 13.6 Å². The Morgan fingerprint density at radius 1 is 1.14 bits per heavy atom. The van der Waals surface area contributed by atoms with E-state index in [4.69, 9.17) is 20.2 Å². The molecule has 0 N–H and O–H groups in total. The fraction of sp³-hybridized carbons (Fsp3) is 0.800. The van der Waals surface area contributed by atoms with Crippen molar-refractivity contribution in [3.63, 3.8) is 0 Å². The maximum absolute atomic E-state index is 12.6. The zero-order valence-corrected chi connectivity index (χ0v) is 14.4. The number of hydrogen-bond donors (Lipinski definition) is 0. The molecular formula is C15H27O5P. The summed E-state index contributed by atoms with van der Waals surface area (Å²) < 4.78 is 28.3. The Balaban J connectivity index is 4.61. The third-order valence-corrected chi connectivity index (χ3v) is 4.41. The van der Waals surface area contributed by atoms with Gasteiger partial charge in [0.05, 0.1) is 13.2 Å². The third kappa shape index (κ3) is 9.68. The van der Waals surface area contributed by atoms with Gasteiger partial charge in [-0.3, -0.25) is 9.36 Å². The van der Waals surface area contributed by atoms with E-state index in [-0.39, 0.29) is 0 Å². The summed E-state index contributed by atoms with van der Waals surface area (Å²) in [6, 6.07) is 0. The number of carbonyl (C=O) groups excluding carboxylic acids is 1. The van der Waals surface area contributed by atoms with Gasteiger partial charge in [-0.05, 0) is 26.7 Å². The lowest BCUT2D eigenvalue weighted by atomic mass is 10.1. The van der Waals surface area contributed by atoms with Crippen LogP contribution in [0.1, 0.15) is 53.4 Å². The van der Waals surface area contributed by atoms with Crippen molar-refractivity contribution in [3.05, 3.63) is 0 Å². The van der Waals surface area contributed by atoms with Crippen molar-refractivity contribution in [2.75, 3.05) is 19.4 Å². The highest BCUT2D eigenvalue weighted by Gasteiger charge is 2.31. The Morgan fingerprint density at radius 3 is 2.00 bits per heavy atom. The van der Waals surface area contributed by atoms with E-state index in [1.54, 1.807) is 13.8 Å². The van der Waals surface area contributed by atoms with Gasteiger partial charge in [-0.2, -0.15) is 0 Å². The molecule has 0 atom stereocenters. The molecule has 21 heavy (non-hydrogen) atoms. The van der Waals surface area contributed by atoms with Crippen LogP contribution in [0.2, 0.25) is 0 Å². The quantitative estimate of drug-likeness (QED) is 0.251. The summed E-state index contributed by atoms with van der Waals surface area (Å²) in [7, 11) is -3.47. The van der Waals surface area contributed by atoms with Crippen molar-refractivity contribution in [1.29, 1.82) is 0 Å². The van der Waals surface area contributed by atoms with Crippen molar-refractivity contribution in [2.24, 2.45) is 0 Å². The summed E-state index contributed by atoms with van der Waals surface area (Å²) in [5.41, 5.74) is -1.03. The monoisotopic (exact) mass is 318 g/mol. The van der Waals surface area contributed by atoms with Crippen LogP contribution >= 0.6 is 7.60 Å². The molecule has 0 radical (unpaired) electrons. The van der Waals surface area contributed by atoms with Crippen LogP contribution < -0.4 is 0 Å². The maximum atomic E-state index is 12.6. The van der Waals surface area contributed by atoms with Crippen molar-refractivity contribution in [1.82, 2.24) is 0 Å². The number of unbranched alkanes of at least 4 members (excludes halogenated alkanes) is 2. The van der Waals surface area contributed by atoms with E-state index in [1.165, 1.54) is 0 Å². The zero-order chi connectivity index (χ0) is 16.4. The molecule has 5 nitrogen and oxygen atoms in total. The molecular weight excluding hydrogens is 291 g/mol. The predicted molar refractivity (Wildman–Crippen MR) is 83.2 cm³/mol. The minimum atomic E-state index is -3.47. The molecule has 0 aromatic carbocycles. The van der Waals surface area contributed by atoms with Gasteiger partial charge in [0.1, 0.15) is 6.16 Å². The number of carbonyl (C=O) groups is 1. The Kier molecular flexibility index (Phi) is 9.61. The largest absolute Gasteiger partial charge is 0.446 e. The Hall–Kier alpha value is -0.820. The lowest BCUT2D eigenvalue weighted by Gasteiger charge is -2.22. The van der Waals surface area contributed by atoms with Gasteiger partial charge in [0, 0.05) is 0 Å². The fourth-order valence-electron chi connectivity index (χ4n) is 1.33. The molecule has 0 rings (SSSR count). The topological polar surface area (TPSA) is 61.8 Å². The van der Waals surface area contributed by atoms with Crippen molar-refractivity contribution < 1.29 is 23.1 Å². The lowest BCUT2D eigenvalue weighted by molar-refractivity contribution is -0.148. The normalized spacial score (nSPS) is 12.0. The zero-order valence-electron chi connectivity index (χ0n) is 13.5. The smallest absolute Gasteiger partial charge is 0.341 e. The van der Waals surface area contributed by atoms with Crippen molar-refractivity contribution >= 4 is 13.6 Å². The molecule has 0 heterocycles. The van der Waals surface area contributed by atoms with Crippen LogP contribution in [0.4, 0.5) is 0 Å². The lowest BCUT2D eigenvalue weighted by Crippen LogP contribution is -2.28. The molecule has 0 aliphatic rings. The first-order valence-electron chi connectivity index (χ1n) is 7.36. The SMILES string of the molecule is C#CC(C)(C)OC(=O)CP(=O)(OCCCC)OCCCC. The first-order chi connectivity index (χ1) is 9.78. The standard InChI is InChI=1S/C15H27O5P/c1-6-9-11-18-21(17,19-12-10-7-2)13-14(16)20-15(4,5)8-3/h3H,6-7,9-13H2,1-2,4-5H3. The second-order valence-electron chi connectivity index (χ2n) is 5.27. The van der Waals surface area contributed by atoms with Gasteiger partial charge in [0.15, 0.2) is 5.60 Å². The summed E-state index contributed by atoms with van der Waals surface area (Å²) in [5.74, 6) is 1.68. The molecule has 0 spiro atoms. The Morgan fingerprint density at radius 2 is 1.62 bits per heavy atom. The van der Waals surface area contributed by atoms with Crippen molar-refractivity contribution in [3.8, 4) is 12.3 Å². The number of rotatable bonds is 11. The molecule has 0 bridgehead atoms. The second kappa shape index (κ2) is 10.00. The predicted octanol–water partition coefficient (Wildman–Crippen LogP) is 3.77. The summed E-state index contributed by atoms with van der Waals surface area (Å²) in [6.45, 7) is 7.76. The average molecular weight is 318 g/mol.